The molecule has 10 heavy (non-hydrogen) atoms. The summed E-state index contributed by atoms with van der Waals surface area (Å²) >= 11 is 0. The molecule has 0 heterocycles. The second kappa shape index (κ2) is 4.66. The van der Waals surface area contributed by atoms with Crippen LogP contribution in [0.3, 0.4) is 0 Å². The number of nitrogens with one attached hydrogen (secondary N) is 1. The molecule has 0 atom stereocenters. The van der Waals surface area contributed by atoms with Crippen molar-refractivity contribution in [3.05, 3.63) is 0 Å². The second-order valence-electron chi connectivity index (χ2n) is 3.13. The Hall–Kier alpha value is -0.120. The molecule has 0 aliphatic carbocycles. The van der Waals surface area contributed by atoms with Crippen molar-refractivity contribution >= 4 is 0 Å². The van der Waals surface area contributed by atoms with Gasteiger partial charge in [0, 0.05) is 6.54 Å². The average Bonchev–Trinajstić information content (AvgIpc) is 1.78. The number of rotatable bonds is 5. The van der Waals surface area contributed by atoms with Crippen LogP contribution in [0.15, 0.2) is 0 Å². The molecule has 0 aliphatic rings. The molecule has 3 heteroatoms. The van der Waals surface area contributed by atoms with Gasteiger partial charge in [0.1, 0.15) is 0 Å². The summed E-state index contributed by atoms with van der Waals surface area (Å²) in [5, 5.41) is 12.3. The lowest BCUT2D eigenvalue weighted by Crippen LogP contribution is -2.35. The summed E-state index contributed by atoms with van der Waals surface area (Å²) in [6.07, 6.45) is 0.968. The van der Waals surface area contributed by atoms with E-state index in [1.165, 1.54) is 0 Å². The van der Waals surface area contributed by atoms with Gasteiger partial charge in [0.2, 0.25) is 0 Å². The zero-order valence-electron chi connectivity index (χ0n) is 6.85. The van der Waals surface area contributed by atoms with Crippen LogP contribution in [-0.4, -0.2) is 30.3 Å². The quantitative estimate of drug-likeness (QED) is 0.467. The number of hydrogen-bond donors (Lipinski definition) is 3. The molecular weight excluding hydrogens is 128 g/mol. The smallest absolute Gasteiger partial charge is 0.0715 e. The topological polar surface area (TPSA) is 58.3 Å². The van der Waals surface area contributed by atoms with Crippen LogP contribution in [0.5, 0.6) is 0 Å². The van der Waals surface area contributed by atoms with Crippen LogP contribution in [0.1, 0.15) is 20.3 Å². The van der Waals surface area contributed by atoms with Crippen molar-refractivity contribution in [1.82, 2.24) is 5.32 Å². The van der Waals surface area contributed by atoms with Gasteiger partial charge in [-0.05, 0) is 33.4 Å². The highest BCUT2D eigenvalue weighted by Crippen LogP contribution is 1.96. The van der Waals surface area contributed by atoms with E-state index in [4.69, 9.17) is 5.73 Å². The van der Waals surface area contributed by atoms with Crippen molar-refractivity contribution in [1.29, 1.82) is 0 Å². The normalized spacial score (nSPS) is 12.0. The minimum atomic E-state index is -0.603. The van der Waals surface area contributed by atoms with Crippen molar-refractivity contribution in [2.24, 2.45) is 5.73 Å². The Kier molecular flexibility index (Phi) is 4.60. The molecule has 0 aliphatic heterocycles. The van der Waals surface area contributed by atoms with Gasteiger partial charge in [-0.25, -0.2) is 0 Å². The molecular formula is C7H18N2O. The average molecular weight is 146 g/mol. The number of aliphatic hydroxyl groups is 1. The fourth-order valence-corrected chi connectivity index (χ4v) is 0.621. The molecule has 0 aromatic heterocycles. The molecule has 4 N–H and O–H groups in total. The van der Waals surface area contributed by atoms with Gasteiger partial charge >= 0.3 is 0 Å². The minimum Gasteiger partial charge on any atom is -0.389 e. The molecule has 0 radical (unpaired) electrons. The molecule has 0 bridgehead atoms. The van der Waals surface area contributed by atoms with E-state index in [1.54, 1.807) is 13.8 Å². The molecule has 0 saturated heterocycles. The van der Waals surface area contributed by atoms with Crippen molar-refractivity contribution in [2.75, 3.05) is 19.6 Å². The van der Waals surface area contributed by atoms with Crippen LogP contribution in [-0.2, 0) is 0 Å². The third-order valence-corrected chi connectivity index (χ3v) is 1.12. The summed E-state index contributed by atoms with van der Waals surface area (Å²) in [4.78, 5) is 0. The van der Waals surface area contributed by atoms with Crippen LogP contribution in [0.25, 0.3) is 0 Å². The van der Waals surface area contributed by atoms with E-state index in [-0.39, 0.29) is 0 Å². The molecule has 0 amide bonds. The SMILES string of the molecule is CC(C)(O)CNCCCN. The van der Waals surface area contributed by atoms with Crippen LogP contribution in [0, 0.1) is 0 Å². The van der Waals surface area contributed by atoms with E-state index in [1.807, 2.05) is 0 Å². The Morgan fingerprint density at radius 3 is 2.50 bits per heavy atom. The monoisotopic (exact) mass is 146 g/mol. The summed E-state index contributed by atoms with van der Waals surface area (Å²) in [5.41, 5.74) is 4.67. The van der Waals surface area contributed by atoms with Crippen LogP contribution in [0.2, 0.25) is 0 Å². The Morgan fingerprint density at radius 1 is 1.50 bits per heavy atom. The van der Waals surface area contributed by atoms with Crippen molar-refractivity contribution in [3.63, 3.8) is 0 Å². The Balaban J connectivity index is 3.04. The molecule has 0 aromatic rings. The van der Waals surface area contributed by atoms with E-state index >= 15 is 0 Å². The Morgan fingerprint density at radius 2 is 2.10 bits per heavy atom. The first-order valence-electron chi connectivity index (χ1n) is 3.69. The molecule has 0 fully saturated rings. The predicted octanol–water partition coefficient (Wildman–Crippen LogP) is -0.304. The van der Waals surface area contributed by atoms with E-state index in [0.29, 0.717) is 13.1 Å². The van der Waals surface area contributed by atoms with Gasteiger partial charge in [-0.2, -0.15) is 0 Å². The summed E-state index contributed by atoms with van der Waals surface area (Å²) in [5.74, 6) is 0. The first-order valence-corrected chi connectivity index (χ1v) is 3.69. The third-order valence-electron chi connectivity index (χ3n) is 1.12. The Labute approximate surface area is 62.6 Å². The fraction of sp³-hybridized carbons (Fsp3) is 1.00. The first-order chi connectivity index (χ1) is 4.56. The second-order valence-corrected chi connectivity index (χ2v) is 3.13. The maximum absolute atomic E-state index is 9.22. The fourth-order valence-electron chi connectivity index (χ4n) is 0.621. The van der Waals surface area contributed by atoms with Gasteiger partial charge in [-0.3, -0.25) is 0 Å². The van der Waals surface area contributed by atoms with Crippen LogP contribution >= 0.6 is 0 Å². The van der Waals surface area contributed by atoms with Crippen LogP contribution < -0.4 is 11.1 Å². The molecule has 0 aromatic carbocycles. The Bertz CT molecular complexity index is 78.2. The van der Waals surface area contributed by atoms with E-state index in [9.17, 15) is 5.11 Å². The molecule has 0 saturated carbocycles. The highest BCUT2D eigenvalue weighted by molar-refractivity contribution is 4.67. The van der Waals surface area contributed by atoms with Crippen LogP contribution in [0.4, 0.5) is 0 Å². The van der Waals surface area contributed by atoms with Crippen molar-refractivity contribution < 1.29 is 5.11 Å². The highest BCUT2D eigenvalue weighted by Gasteiger charge is 2.09. The largest absolute Gasteiger partial charge is 0.389 e. The summed E-state index contributed by atoms with van der Waals surface area (Å²) in [6, 6.07) is 0. The maximum atomic E-state index is 9.22. The maximum Gasteiger partial charge on any atom is 0.0715 e. The lowest BCUT2D eigenvalue weighted by Gasteiger charge is -2.17. The first kappa shape index (κ1) is 9.88. The van der Waals surface area contributed by atoms with Gasteiger partial charge in [0.05, 0.1) is 5.60 Å². The van der Waals surface area contributed by atoms with Gasteiger partial charge < -0.3 is 16.2 Å². The molecule has 3 nitrogen and oxygen atoms in total. The van der Waals surface area contributed by atoms with E-state index < -0.39 is 5.60 Å². The standard InChI is InChI=1S/C7H18N2O/c1-7(2,10)6-9-5-3-4-8/h9-10H,3-6,8H2,1-2H3. The summed E-state index contributed by atoms with van der Waals surface area (Å²) < 4.78 is 0. The summed E-state index contributed by atoms with van der Waals surface area (Å²) in [7, 11) is 0. The predicted molar refractivity (Wildman–Crippen MR) is 42.8 cm³/mol. The third kappa shape index (κ3) is 7.88. The van der Waals surface area contributed by atoms with E-state index in [0.717, 1.165) is 13.0 Å². The zero-order valence-corrected chi connectivity index (χ0v) is 6.85. The number of nitrogens with two attached hydrogens (primary N) is 1. The molecule has 0 spiro atoms. The van der Waals surface area contributed by atoms with Gasteiger partial charge in [0.15, 0.2) is 0 Å². The molecule has 62 valence electrons. The highest BCUT2D eigenvalue weighted by atomic mass is 16.3. The lowest BCUT2D eigenvalue weighted by molar-refractivity contribution is 0.0800. The van der Waals surface area contributed by atoms with Crippen molar-refractivity contribution in [3.8, 4) is 0 Å². The molecule has 0 rings (SSSR count). The number of hydrogen-bond acceptors (Lipinski definition) is 3. The van der Waals surface area contributed by atoms with Gasteiger partial charge in [0.25, 0.3) is 0 Å². The molecule has 0 unspecified atom stereocenters. The van der Waals surface area contributed by atoms with Crippen molar-refractivity contribution in [2.45, 2.75) is 25.9 Å². The summed E-state index contributed by atoms with van der Waals surface area (Å²) in [6.45, 7) is 5.79. The van der Waals surface area contributed by atoms with E-state index in [2.05, 4.69) is 5.32 Å². The van der Waals surface area contributed by atoms with Gasteiger partial charge in [-0.15, -0.1) is 0 Å². The zero-order chi connectivity index (χ0) is 8.04. The minimum absolute atomic E-state index is 0.603. The lowest BCUT2D eigenvalue weighted by atomic mass is 10.1. The van der Waals surface area contributed by atoms with Gasteiger partial charge in [-0.1, -0.05) is 0 Å².